The highest BCUT2D eigenvalue weighted by Crippen LogP contribution is 2.23. The molecule has 1 aliphatic rings. The summed E-state index contributed by atoms with van der Waals surface area (Å²) in [5.41, 5.74) is 1.72. The van der Waals surface area contributed by atoms with Crippen LogP contribution in [0.25, 0.3) is 0 Å². The van der Waals surface area contributed by atoms with E-state index in [1.165, 1.54) is 5.69 Å². The van der Waals surface area contributed by atoms with Crippen LogP contribution in [0.15, 0.2) is 59.5 Å². The fourth-order valence-electron chi connectivity index (χ4n) is 2.90. The minimum atomic E-state index is -1.04. The van der Waals surface area contributed by atoms with E-state index in [0.29, 0.717) is 23.0 Å². The van der Waals surface area contributed by atoms with Crippen LogP contribution in [-0.4, -0.2) is 36.1 Å². The van der Waals surface area contributed by atoms with Gasteiger partial charge < -0.3 is 9.64 Å². The summed E-state index contributed by atoms with van der Waals surface area (Å²) < 4.78 is 16.8. The van der Waals surface area contributed by atoms with Crippen LogP contribution in [0.1, 0.15) is 16.8 Å². The Hall–Kier alpha value is -2.14. The van der Waals surface area contributed by atoms with Crippen molar-refractivity contribution < 1.29 is 13.7 Å². The van der Waals surface area contributed by atoms with Crippen LogP contribution in [0.4, 0.5) is 5.69 Å². The zero-order valence-corrected chi connectivity index (χ0v) is 14.5. The molecule has 2 aromatic carbocycles. The number of hydrogen-bond acceptors (Lipinski definition) is 4. The number of rotatable bonds is 5. The molecule has 0 amide bonds. The summed E-state index contributed by atoms with van der Waals surface area (Å²) in [6, 6.07) is 17.1. The maximum atomic E-state index is 12.1. The van der Waals surface area contributed by atoms with Crippen LogP contribution in [0.5, 0.6) is 0 Å². The second-order valence-electron chi connectivity index (χ2n) is 6.01. The first-order chi connectivity index (χ1) is 11.6. The van der Waals surface area contributed by atoms with Gasteiger partial charge in [-0.05, 0) is 42.8 Å². The molecule has 2 aromatic rings. The largest absolute Gasteiger partial charge is 0.462 e. The highest BCUT2D eigenvalue weighted by Gasteiger charge is 2.24. The van der Waals surface area contributed by atoms with E-state index in [1.807, 2.05) is 18.2 Å². The Kier molecular flexibility index (Phi) is 5.30. The van der Waals surface area contributed by atoms with Crippen LogP contribution in [-0.2, 0) is 15.5 Å². The van der Waals surface area contributed by atoms with E-state index in [1.54, 1.807) is 30.5 Å². The van der Waals surface area contributed by atoms with Crippen molar-refractivity contribution in [3.05, 3.63) is 60.2 Å². The van der Waals surface area contributed by atoms with Crippen LogP contribution < -0.4 is 4.90 Å². The molecule has 1 aliphatic heterocycles. The van der Waals surface area contributed by atoms with Crippen molar-refractivity contribution in [2.45, 2.75) is 11.3 Å². The molecule has 0 N–H and O–H groups in total. The number of para-hydroxylation sites is 1. The minimum absolute atomic E-state index is 0.318. The molecule has 126 valence electrons. The number of carbonyl (C=O) groups excluding carboxylic acids is 1. The molecule has 0 bridgehead atoms. The predicted octanol–water partition coefficient (Wildman–Crippen LogP) is 3.11. The molecule has 0 unspecified atom stereocenters. The summed E-state index contributed by atoms with van der Waals surface area (Å²) in [6.45, 7) is 2.33. The van der Waals surface area contributed by atoms with Gasteiger partial charge in [0.15, 0.2) is 0 Å². The van der Waals surface area contributed by atoms with Crippen molar-refractivity contribution in [1.29, 1.82) is 0 Å². The monoisotopic (exact) mass is 343 g/mol. The van der Waals surface area contributed by atoms with Crippen molar-refractivity contribution in [2.75, 3.05) is 30.9 Å². The summed E-state index contributed by atoms with van der Waals surface area (Å²) in [5.74, 6) is 0.0400. The molecular weight excluding hydrogens is 322 g/mol. The number of benzene rings is 2. The maximum Gasteiger partial charge on any atom is 0.338 e. The average molecular weight is 343 g/mol. The van der Waals surface area contributed by atoms with Gasteiger partial charge in [-0.15, -0.1) is 0 Å². The van der Waals surface area contributed by atoms with E-state index in [2.05, 4.69) is 17.0 Å². The van der Waals surface area contributed by atoms with Gasteiger partial charge in [0, 0.05) is 46.6 Å². The highest BCUT2D eigenvalue weighted by molar-refractivity contribution is 7.84. The molecule has 5 heteroatoms. The number of esters is 1. The van der Waals surface area contributed by atoms with E-state index in [0.717, 1.165) is 19.5 Å². The van der Waals surface area contributed by atoms with Crippen LogP contribution in [0, 0.1) is 5.92 Å². The van der Waals surface area contributed by atoms with E-state index < -0.39 is 10.8 Å². The number of anilines is 1. The minimum Gasteiger partial charge on any atom is -0.462 e. The molecule has 0 aromatic heterocycles. The standard InChI is InChI=1S/C19H21NO3S/c1-24(22)18-9-7-16(8-10-18)19(21)23-14-15-11-12-20(13-15)17-5-3-2-4-6-17/h2-10,15H,11-14H2,1H3/t15-,24-/m0/s1. The molecule has 2 atom stereocenters. The van der Waals surface area contributed by atoms with E-state index in [4.69, 9.17) is 4.74 Å². The Morgan fingerprint density at radius 1 is 1.17 bits per heavy atom. The summed E-state index contributed by atoms with van der Waals surface area (Å²) in [5, 5.41) is 0. The summed E-state index contributed by atoms with van der Waals surface area (Å²) >= 11 is 0. The van der Waals surface area contributed by atoms with Crippen molar-refractivity contribution in [3.63, 3.8) is 0 Å². The lowest BCUT2D eigenvalue weighted by Gasteiger charge is -2.18. The normalized spacial score (nSPS) is 18.4. The average Bonchev–Trinajstić information content (AvgIpc) is 3.09. The van der Waals surface area contributed by atoms with Crippen LogP contribution in [0.3, 0.4) is 0 Å². The lowest BCUT2D eigenvalue weighted by molar-refractivity contribution is 0.0451. The third kappa shape index (κ3) is 4.03. The fourth-order valence-corrected chi connectivity index (χ4v) is 3.42. The van der Waals surface area contributed by atoms with Gasteiger partial charge >= 0.3 is 5.97 Å². The molecule has 1 heterocycles. The molecule has 1 fully saturated rings. The van der Waals surface area contributed by atoms with Crippen molar-refractivity contribution in [1.82, 2.24) is 0 Å². The molecule has 24 heavy (non-hydrogen) atoms. The van der Waals surface area contributed by atoms with Gasteiger partial charge in [0.1, 0.15) is 0 Å². The first-order valence-corrected chi connectivity index (χ1v) is 9.60. The first-order valence-electron chi connectivity index (χ1n) is 8.04. The molecule has 4 nitrogen and oxygen atoms in total. The van der Waals surface area contributed by atoms with Gasteiger partial charge in [-0.1, -0.05) is 18.2 Å². The van der Waals surface area contributed by atoms with Crippen LogP contribution >= 0.6 is 0 Å². The third-order valence-electron chi connectivity index (χ3n) is 4.28. The predicted molar refractivity (Wildman–Crippen MR) is 95.8 cm³/mol. The molecule has 0 spiro atoms. The smallest absolute Gasteiger partial charge is 0.338 e. The first kappa shape index (κ1) is 16.7. The molecular formula is C19H21NO3S. The topological polar surface area (TPSA) is 46.6 Å². The van der Waals surface area contributed by atoms with Crippen molar-refractivity contribution >= 4 is 22.5 Å². The fraction of sp³-hybridized carbons (Fsp3) is 0.316. The lowest BCUT2D eigenvalue weighted by Crippen LogP contribution is -2.21. The Morgan fingerprint density at radius 2 is 1.88 bits per heavy atom. The van der Waals surface area contributed by atoms with Gasteiger partial charge in [-0.25, -0.2) is 4.79 Å². The van der Waals surface area contributed by atoms with E-state index in [9.17, 15) is 9.00 Å². The Labute approximate surface area is 144 Å². The van der Waals surface area contributed by atoms with Gasteiger partial charge in [-0.3, -0.25) is 4.21 Å². The summed E-state index contributed by atoms with van der Waals surface area (Å²) in [6.07, 6.45) is 2.64. The molecule has 0 aliphatic carbocycles. The lowest BCUT2D eigenvalue weighted by atomic mass is 10.1. The highest BCUT2D eigenvalue weighted by atomic mass is 32.2. The summed E-state index contributed by atoms with van der Waals surface area (Å²) in [4.78, 5) is 15.2. The number of nitrogens with zero attached hydrogens (tertiary/aromatic N) is 1. The second kappa shape index (κ2) is 7.62. The number of carbonyl (C=O) groups is 1. The van der Waals surface area contributed by atoms with Crippen molar-refractivity contribution in [3.8, 4) is 0 Å². The molecule has 0 saturated carbocycles. The van der Waals surface area contributed by atoms with Gasteiger partial charge in [0.05, 0.1) is 12.2 Å². The van der Waals surface area contributed by atoms with Gasteiger partial charge in [-0.2, -0.15) is 0 Å². The zero-order valence-electron chi connectivity index (χ0n) is 13.7. The molecule has 1 saturated heterocycles. The van der Waals surface area contributed by atoms with E-state index >= 15 is 0 Å². The second-order valence-corrected chi connectivity index (χ2v) is 7.39. The van der Waals surface area contributed by atoms with E-state index in [-0.39, 0.29) is 5.97 Å². The third-order valence-corrected chi connectivity index (χ3v) is 5.22. The maximum absolute atomic E-state index is 12.1. The number of ether oxygens (including phenoxy) is 1. The quantitative estimate of drug-likeness (QED) is 0.783. The SMILES string of the molecule is C[S@](=O)c1ccc(C(=O)OC[C@H]2CCN(c3ccccc3)C2)cc1. The van der Waals surface area contributed by atoms with Crippen molar-refractivity contribution in [2.24, 2.45) is 5.92 Å². The van der Waals surface area contributed by atoms with Crippen LogP contribution in [0.2, 0.25) is 0 Å². The summed E-state index contributed by atoms with van der Waals surface area (Å²) in [7, 11) is -1.04. The molecule has 3 rings (SSSR count). The van der Waals surface area contributed by atoms with Gasteiger partial charge in [0.25, 0.3) is 0 Å². The molecule has 0 radical (unpaired) electrons. The Morgan fingerprint density at radius 3 is 2.54 bits per heavy atom. The van der Waals surface area contributed by atoms with Gasteiger partial charge in [0.2, 0.25) is 0 Å². The number of hydrogen-bond donors (Lipinski definition) is 0. The Balaban J connectivity index is 1.51. The Bertz CT molecular complexity index is 715. The zero-order chi connectivity index (χ0) is 16.9.